The van der Waals surface area contributed by atoms with Gasteiger partial charge in [-0.25, -0.2) is 0 Å². The highest BCUT2D eigenvalue weighted by atomic mass is 16.6. The Bertz CT molecular complexity index is 609. The van der Waals surface area contributed by atoms with Crippen molar-refractivity contribution in [2.45, 2.75) is 26.4 Å². The van der Waals surface area contributed by atoms with E-state index in [4.69, 9.17) is 9.47 Å². The van der Waals surface area contributed by atoms with Crippen LogP contribution in [0.15, 0.2) is 30.5 Å². The molecule has 21 heavy (non-hydrogen) atoms. The number of benzene rings is 1. The Kier molecular flexibility index (Phi) is 4.10. The lowest BCUT2D eigenvalue weighted by molar-refractivity contribution is 0.171. The molecule has 5 heteroatoms. The highest BCUT2D eigenvalue weighted by molar-refractivity contribution is 5.46. The number of aromatic nitrogens is 2. The molecule has 1 atom stereocenters. The Morgan fingerprint density at radius 3 is 2.76 bits per heavy atom. The van der Waals surface area contributed by atoms with E-state index >= 15 is 0 Å². The lowest BCUT2D eigenvalue weighted by Crippen LogP contribution is -2.25. The van der Waals surface area contributed by atoms with E-state index in [-0.39, 0.29) is 6.04 Å². The van der Waals surface area contributed by atoms with E-state index in [1.807, 2.05) is 16.9 Å². The fourth-order valence-corrected chi connectivity index (χ4v) is 2.69. The van der Waals surface area contributed by atoms with Crippen LogP contribution in [0.1, 0.15) is 31.1 Å². The summed E-state index contributed by atoms with van der Waals surface area (Å²) in [6, 6.07) is 8.31. The number of fused-ring (bicyclic) bond motifs is 1. The molecule has 1 aromatic carbocycles. The second-order valence-corrected chi connectivity index (χ2v) is 4.97. The molecule has 2 heterocycles. The molecule has 1 unspecified atom stereocenters. The summed E-state index contributed by atoms with van der Waals surface area (Å²) >= 11 is 0. The number of hydrogen-bond acceptors (Lipinski definition) is 4. The second kappa shape index (κ2) is 6.18. The minimum absolute atomic E-state index is 0.105. The van der Waals surface area contributed by atoms with Crippen LogP contribution >= 0.6 is 0 Å². The van der Waals surface area contributed by atoms with Crippen LogP contribution in [0.5, 0.6) is 11.5 Å². The predicted octanol–water partition coefficient (Wildman–Crippen LogP) is 2.37. The van der Waals surface area contributed by atoms with Gasteiger partial charge in [-0.2, -0.15) is 5.10 Å². The topological polar surface area (TPSA) is 48.3 Å². The second-order valence-electron chi connectivity index (χ2n) is 4.97. The maximum Gasteiger partial charge on any atom is 0.161 e. The smallest absolute Gasteiger partial charge is 0.161 e. The number of rotatable bonds is 5. The van der Waals surface area contributed by atoms with Crippen molar-refractivity contribution in [1.82, 2.24) is 15.1 Å². The Hall–Kier alpha value is -2.01. The van der Waals surface area contributed by atoms with Crippen LogP contribution in [0, 0.1) is 0 Å². The van der Waals surface area contributed by atoms with Crippen LogP contribution in [0.25, 0.3) is 0 Å². The van der Waals surface area contributed by atoms with Gasteiger partial charge in [0.25, 0.3) is 0 Å². The van der Waals surface area contributed by atoms with Crippen molar-refractivity contribution in [3.63, 3.8) is 0 Å². The number of nitrogens with zero attached hydrogens (tertiary/aromatic N) is 2. The van der Waals surface area contributed by atoms with E-state index in [1.165, 1.54) is 0 Å². The van der Waals surface area contributed by atoms with Crippen LogP contribution in [-0.2, 0) is 6.54 Å². The first-order valence-corrected chi connectivity index (χ1v) is 7.48. The average molecular weight is 287 g/mol. The van der Waals surface area contributed by atoms with Crippen molar-refractivity contribution in [2.75, 3.05) is 19.8 Å². The first-order chi connectivity index (χ1) is 10.3. The monoisotopic (exact) mass is 287 g/mol. The summed E-state index contributed by atoms with van der Waals surface area (Å²) in [4.78, 5) is 0. The van der Waals surface area contributed by atoms with Crippen molar-refractivity contribution in [1.29, 1.82) is 0 Å². The fraction of sp³-hybridized carbons (Fsp3) is 0.438. The first-order valence-electron chi connectivity index (χ1n) is 7.48. The third-order valence-corrected chi connectivity index (χ3v) is 3.65. The molecule has 1 aromatic heterocycles. The first kappa shape index (κ1) is 13.9. The maximum atomic E-state index is 5.69. The summed E-state index contributed by atoms with van der Waals surface area (Å²) in [7, 11) is 0. The zero-order valence-electron chi connectivity index (χ0n) is 12.5. The van der Waals surface area contributed by atoms with Crippen molar-refractivity contribution in [3.8, 4) is 11.5 Å². The van der Waals surface area contributed by atoms with Gasteiger partial charge in [-0.15, -0.1) is 0 Å². The molecule has 0 fully saturated rings. The quantitative estimate of drug-likeness (QED) is 0.917. The summed E-state index contributed by atoms with van der Waals surface area (Å²) in [5.74, 6) is 1.65. The van der Waals surface area contributed by atoms with Gasteiger partial charge in [0.05, 0.1) is 11.7 Å². The Labute approximate surface area is 124 Å². The van der Waals surface area contributed by atoms with Crippen LogP contribution in [0.4, 0.5) is 0 Å². The van der Waals surface area contributed by atoms with Crippen LogP contribution in [0.2, 0.25) is 0 Å². The molecule has 0 saturated heterocycles. The zero-order chi connectivity index (χ0) is 14.7. The number of ether oxygens (including phenoxy) is 2. The van der Waals surface area contributed by atoms with Gasteiger partial charge in [0.1, 0.15) is 13.2 Å². The summed E-state index contributed by atoms with van der Waals surface area (Å²) in [5.41, 5.74) is 2.33. The van der Waals surface area contributed by atoms with Gasteiger partial charge in [-0.1, -0.05) is 13.0 Å². The van der Waals surface area contributed by atoms with Crippen LogP contribution in [0.3, 0.4) is 0 Å². The third kappa shape index (κ3) is 2.74. The molecule has 1 aliphatic heterocycles. The predicted molar refractivity (Wildman–Crippen MR) is 80.9 cm³/mol. The molecular weight excluding hydrogens is 266 g/mol. The standard InChI is InChI=1S/C16H21N3O2/c1-3-17-16(13-7-8-18-19(13)4-2)12-5-6-14-15(11-12)21-10-9-20-14/h5-8,11,16-17H,3-4,9-10H2,1-2H3. The largest absolute Gasteiger partial charge is 0.486 e. The van der Waals surface area contributed by atoms with Crippen LogP contribution in [-0.4, -0.2) is 29.5 Å². The molecule has 112 valence electrons. The van der Waals surface area contributed by atoms with E-state index in [1.54, 1.807) is 0 Å². The number of aryl methyl sites for hydroxylation is 1. The van der Waals surface area contributed by atoms with Gasteiger partial charge in [-0.05, 0) is 37.2 Å². The van der Waals surface area contributed by atoms with E-state index in [9.17, 15) is 0 Å². The van der Waals surface area contributed by atoms with E-state index < -0.39 is 0 Å². The minimum atomic E-state index is 0.105. The highest BCUT2D eigenvalue weighted by Gasteiger charge is 2.20. The molecular formula is C16H21N3O2. The number of nitrogens with one attached hydrogen (secondary N) is 1. The normalized spacial score (nSPS) is 15.0. The van der Waals surface area contributed by atoms with Gasteiger partial charge in [0, 0.05) is 12.7 Å². The van der Waals surface area contributed by atoms with Crippen molar-refractivity contribution in [3.05, 3.63) is 41.7 Å². The van der Waals surface area contributed by atoms with Gasteiger partial charge in [0.15, 0.2) is 11.5 Å². The highest BCUT2D eigenvalue weighted by Crippen LogP contribution is 2.34. The summed E-state index contributed by atoms with van der Waals surface area (Å²) in [6.45, 7) is 7.17. The molecule has 1 N–H and O–H groups in total. The van der Waals surface area contributed by atoms with E-state index in [0.29, 0.717) is 13.2 Å². The van der Waals surface area contributed by atoms with Gasteiger partial charge < -0.3 is 14.8 Å². The molecule has 0 spiro atoms. The Morgan fingerprint density at radius 2 is 2.00 bits per heavy atom. The summed E-state index contributed by atoms with van der Waals surface area (Å²) in [5, 5.41) is 7.90. The average Bonchev–Trinajstić information content (AvgIpc) is 3.00. The summed E-state index contributed by atoms with van der Waals surface area (Å²) in [6.07, 6.45) is 1.85. The molecule has 0 radical (unpaired) electrons. The lowest BCUT2D eigenvalue weighted by atomic mass is 10.0. The molecule has 3 rings (SSSR count). The van der Waals surface area contributed by atoms with Crippen molar-refractivity contribution < 1.29 is 9.47 Å². The molecule has 1 aliphatic rings. The molecule has 2 aromatic rings. The maximum absolute atomic E-state index is 5.69. The molecule has 5 nitrogen and oxygen atoms in total. The summed E-state index contributed by atoms with van der Waals surface area (Å²) < 4.78 is 13.3. The minimum Gasteiger partial charge on any atom is -0.486 e. The number of hydrogen-bond donors (Lipinski definition) is 1. The third-order valence-electron chi connectivity index (χ3n) is 3.65. The fourth-order valence-electron chi connectivity index (χ4n) is 2.69. The van der Waals surface area contributed by atoms with Gasteiger partial charge >= 0.3 is 0 Å². The van der Waals surface area contributed by atoms with E-state index in [0.717, 1.165) is 35.8 Å². The molecule has 0 saturated carbocycles. The van der Waals surface area contributed by atoms with Gasteiger partial charge in [-0.3, -0.25) is 4.68 Å². The lowest BCUT2D eigenvalue weighted by Gasteiger charge is -2.23. The van der Waals surface area contributed by atoms with E-state index in [2.05, 4.69) is 42.5 Å². The Balaban J connectivity index is 1.97. The van der Waals surface area contributed by atoms with Crippen molar-refractivity contribution >= 4 is 0 Å². The van der Waals surface area contributed by atoms with Gasteiger partial charge in [0.2, 0.25) is 0 Å². The molecule has 0 amide bonds. The van der Waals surface area contributed by atoms with Crippen LogP contribution < -0.4 is 14.8 Å². The Morgan fingerprint density at radius 1 is 1.19 bits per heavy atom. The molecule has 0 aliphatic carbocycles. The molecule has 0 bridgehead atoms. The SMILES string of the molecule is CCNC(c1ccc2c(c1)OCCO2)c1ccnn1CC. The zero-order valence-corrected chi connectivity index (χ0v) is 12.5. The van der Waals surface area contributed by atoms with Crippen molar-refractivity contribution in [2.24, 2.45) is 0 Å².